The fourth-order valence-electron chi connectivity index (χ4n) is 0.515. The quantitative estimate of drug-likeness (QED) is 0.536. The van der Waals surface area contributed by atoms with Crippen molar-refractivity contribution in [2.24, 2.45) is 0 Å². The number of hydrogen-bond acceptors (Lipinski definition) is 4. The molecule has 5 heteroatoms. The van der Waals surface area contributed by atoms with Crippen LogP contribution in [0.15, 0.2) is 0 Å². The van der Waals surface area contributed by atoms with Gasteiger partial charge in [-0.1, -0.05) is 0 Å². The standard InChI is InChI=1S/C4H8O2.2C3H7O.Al.H/c1-3-6-4(2)5;2*1-3(2)4;;/h3H2,1-2H3;2*3H,1-2H3;;/q;2*-1;+2;. The van der Waals surface area contributed by atoms with E-state index < -0.39 is 15.9 Å². The minimum absolute atomic E-state index is 0.211. The molecule has 90 valence electrons. The Balaban J connectivity index is 0. The maximum Gasteiger partial charge on any atom is 0.650 e. The zero-order chi connectivity index (χ0) is 12.3. The minimum Gasteiger partial charge on any atom is -0.479 e. The average molecular weight is 234 g/mol. The molecule has 0 aliphatic heterocycles. The molecule has 0 spiro atoms. The van der Waals surface area contributed by atoms with Gasteiger partial charge in [0.25, 0.3) is 0 Å². The summed E-state index contributed by atoms with van der Waals surface area (Å²) in [5, 5.41) is 0. The van der Waals surface area contributed by atoms with Gasteiger partial charge >= 0.3 is 21.9 Å². The van der Waals surface area contributed by atoms with E-state index in [1.807, 2.05) is 27.7 Å². The fraction of sp³-hybridized carbons (Fsp3) is 0.900. The molecule has 0 rings (SSSR count). The lowest BCUT2D eigenvalue weighted by atomic mass is 10.5. The highest BCUT2D eigenvalue weighted by atomic mass is 27.2. The molecule has 0 bridgehead atoms. The molecule has 0 aromatic carbocycles. The summed E-state index contributed by atoms with van der Waals surface area (Å²) in [4.78, 5) is 9.82. The molecule has 0 atom stereocenters. The molecule has 0 fully saturated rings. The summed E-state index contributed by atoms with van der Waals surface area (Å²) in [7, 11) is 0. The third kappa shape index (κ3) is 24.9. The number of ether oxygens (including phenoxy) is 1. The normalized spacial score (nSPS) is 9.60. The van der Waals surface area contributed by atoms with E-state index in [1.54, 1.807) is 6.92 Å². The van der Waals surface area contributed by atoms with Crippen molar-refractivity contribution in [3.63, 3.8) is 0 Å². The van der Waals surface area contributed by atoms with Gasteiger partial charge in [-0.2, -0.15) is 0 Å². The van der Waals surface area contributed by atoms with Crippen LogP contribution in [0.5, 0.6) is 0 Å². The largest absolute Gasteiger partial charge is 0.650 e. The lowest BCUT2D eigenvalue weighted by molar-refractivity contribution is -0.140. The second-order valence-corrected chi connectivity index (χ2v) is 4.38. The number of hydrogen-bond donors (Lipinski definition) is 0. The van der Waals surface area contributed by atoms with Crippen LogP contribution < -0.4 is 0 Å². The van der Waals surface area contributed by atoms with Gasteiger partial charge in [0.05, 0.1) is 6.61 Å². The molecule has 4 nitrogen and oxygen atoms in total. The highest BCUT2D eigenvalue weighted by molar-refractivity contribution is 6.18. The molecule has 0 aromatic heterocycles. The van der Waals surface area contributed by atoms with Gasteiger partial charge in [0.1, 0.15) is 0 Å². The summed E-state index contributed by atoms with van der Waals surface area (Å²) >= 11 is -0.684. The molecule has 0 aliphatic rings. The molecule has 0 radical (unpaired) electrons. The molecule has 0 amide bonds. The van der Waals surface area contributed by atoms with Crippen LogP contribution in [0.25, 0.3) is 0 Å². The first-order valence-corrected chi connectivity index (χ1v) is 6.42. The van der Waals surface area contributed by atoms with Gasteiger partial charge in [-0.3, -0.25) is 4.79 Å². The Morgan fingerprint density at radius 2 is 1.53 bits per heavy atom. The van der Waals surface area contributed by atoms with Crippen molar-refractivity contribution in [2.75, 3.05) is 6.61 Å². The molecular weight excluding hydrogens is 211 g/mol. The summed E-state index contributed by atoms with van der Waals surface area (Å²) in [5.74, 6) is -0.211. The Bertz CT molecular complexity index is 140. The summed E-state index contributed by atoms with van der Waals surface area (Å²) in [6.07, 6.45) is 0.658. The highest BCUT2D eigenvalue weighted by Crippen LogP contribution is 1.89. The second kappa shape index (κ2) is 12.0. The highest BCUT2D eigenvalue weighted by Gasteiger charge is 2.01. The lowest BCUT2D eigenvalue weighted by Gasteiger charge is -2.09. The molecule has 0 heterocycles. The Kier molecular flexibility index (Phi) is 13.9. The van der Waals surface area contributed by atoms with Crippen molar-refractivity contribution in [3.8, 4) is 0 Å². The van der Waals surface area contributed by atoms with E-state index in [2.05, 4.69) is 4.74 Å². The first-order chi connectivity index (χ1) is 6.90. The van der Waals surface area contributed by atoms with Crippen LogP contribution in [0.2, 0.25) is 0 Å². The first-order valence-electron chi connectivity index (χ1n) is 5.26. The van der Waals surface area contributed by atoms with Gasteiger partial charge in [0.2, 0.25) is 0 Å². The summed E-state index contributed by atoms with van der Waals surface area (Å²) in [6.45, 7) is 11.8. The number of esters is 1. The SMILES string of the molecule is CC(C)[O][AlH][O]C(C)C.CCOC(C)=O. The molecule has 0 aliphatic carbocycles. The van der Waals surface area contributed by atoms with E-state index in [-0.39, 0.29) is 5.97 Å². The number of carbonyl (C=O) groups is 1. The topological polar surface area (TPSA) is 44.8 Å². The van der Waals surface area contributed by atoms with Crippen LogP contribution >= 0.6 is 0 Å². The predicted octanol–water partition coefficient (Wildman–Crippen LogP) is 1.67. The lowest BCUT2D eigenvalue weighted by Crippen LogP contribution is -2.14. The zero-order valence-electron chi connectivity index (χ0n) is 10.7. The van der Waals surface area contributed by atoms with Crippen molar-refractivity contribution in [3.05, 3.63) is 0 Å². The van der Waals surface area contributed by atoms with E-state index in [4.69, 9.17) is 7.58 Å². The van der Waals surface area contributed by atoms with Crippen LogP contribution in [-0.2, 0) is 17.1 Å². The maximum absolute atomic E-state index is 9.82. The van der Waals surface area contributed by atoms with Crippen LogP contribution in [0.3, 0.4) is 0 Å². The van der Waals surface area contributed by atoms with Crippen molar-refractivity contribution in [1.29, 1.82) is 0 Å². The number of carbonyl (C=O) groups excluding carboxylic acids is 1. The van der Waals surface area contributed by atoms with Crippen LogP contribution in [-0.4, -0.2) is 40.7 Å². The third-order valence-electron chi connectivity index (χ3n) is 1.15. The van der Waals surface area contributed by atoms with Gasteiger partial charge in [0.15, 0.2) is 0 Å². The van der Waals surface area contributed by atoms with Gasteiger partial charge in [-0.15, -0.1) is 0 Å². The fourth-order valence-corrected chi connectivity index (χ4v) is 1.14. The molecule has 0 aromatic rings. The Hall–Kier alpha value is -0.0775. The molecule has 0 saturated carbocycles. The second-order valence-electron chi connectivity index (χ2n) is 3.47. The van der Waals surface area contributed by atoms with E-state index in [1.165, 1.54) is 6.92 Å². The van der Waals surface area contributed by atoms with E-state index in [9.17, 15) is 4.79 Å². The smallest absolute Gasteiger partial charge is 0.479 e. The average Bonchev–Trinajstić information content (AvgIpc) is 2.03. The molecule has 15 heavy (non-hydrogen) atoms. The van der Waals surface area contributed by atoms with Crippen molar-refractivity contribution < 1.29 is 17.1 Å². The minimum atomic E-state index is -0.684. The molecule has 0 unspecified atom stereocenters. The van der Waals surface area contributed by atoms with Crippen molar-refractivity contribution in [1.82, 2.24) is 0 Å². The van der Waals surface area contributed by atoms with E-state index in [0.717, 1.165) is 0 Å². The van der Waals surface area contributed by atoms with Gasteiger partial charge in [-0.25, -0.2) is 0 Å². The predicted molar refractivity (Wildman–Crippen MR) is 61.9 cm³/mol. The van der Waals surface area contributed by atoms with Crippen molar-refractivity contribution >= 4 is 21.9 Å². The third-order valence-corrected chi connectivity index (χ3v) is 2.76. The monoisotopic (exact) mass is 234 g/mol. The van der Waals surface area contributed by atoms with E-state index in [0.29, 0.717) is 18.8 Å². The first kappa shape index (κ1) is 17.3. The Morgan fingerprint density at radius 3 is 1.67 bits per heavy atom. The zero-order valence-corrected chi connectivity index (χ0v) is 12.1. The van der Waals surface area contributed by atoms with Gasteiger partial charge in [0, 0.05) is 19.1 Å². The van der Waals surface area contributed by atoms with E-state index >= 15 is 0 Å². The van der Waals surface area contributed by atoms with Crippen LogP contribution in [0, 0.1) is 0 Å². The Morgan fingerprint density at radius 1 is 1.13 bits per heavy atom. The van der Waals surface area contributed by atoms with Gasteiger partial charge in [-0.05, 0) is 34.6 Å². The maximum atomic E-state index is 9.82. The summed E-state index contributed by atoms with van der Waals surface area (Å²) in [6, 6.07) is 0. The summed E-state index contributed by atoms with van der Waals surface area (Å²) < 4.78 is 14.9. The molecule has 0 saturated heterocycles. The van der Waals surface area contributed by atoms with Crippen molar-refractivity contribution in [2.45, 2.75) is 53.8 Å². The van der Waals surface area contributed by atoms with Crippen LogP contribution in [0.4, 0.5) is 0 Å². The van der Waals surface area contributed by atoms with Crippen LogP contribution in [0.1, 0.15) is 41.5 Å². The van der Waals surface area contributed by atoms with Gasteiger partial charge < -0.3 is 12.3 Å². The molecule has 0 N–H and O–H groups in total. The summed E-state index contributed by atoms with van der Waals surface area (Å²) in [5.41, 5.74) is 0. The number of rotatable bonds is 5. The Labute approximate surface area is 99.7 Å². The molecular formula is C10H23AlO4.